The molecule has 0 amide bonds. The average molecular weight is 254 g/mol. The zero-order valence-electron chi connectivity index (χ0n) is 8.98. The Morgan fingerprint density at radius 3 is 2.53 bits per heavy atom. The maximum atomic E-state index is 11.5. The molecular weight excluding hydrogens is 244 g/mol. The van der Waals surface area contributed by atoms with Gasteiger partial charge in [0.1, 0.15) is 12.1 Å². The van der Waals surface area contributed by atoms with Crippen molar-refractivity contribution in [2.75, 3.05) is 0 Å². The predicted octanol–water partition coefficient (Wildman–Crippen LogP) is 0.944. The summed E-state index contributed by atoms with van der Waals surface area (Å²) < 4.78 is 33.2. The van der Waals surface area contributed by atoms with E-state index in [1.165, 1.54) is 18.7 Å². The van der Waals surface area contributed by atoms with E-state index in [1.807, 2.05) is 6.92 Å². The molecule has 0 aliphatic heterocycles. The quantitative estimate of drug-likeness (QED) is 0.812. The molecule has 0 aliphatic carbocycles. The van der Waals surface area contributed by atoms with E-state index in [4.69, 9.17) is 4.18 Å². The predicted molar refractivity (Wildman–Crippen MR) is 59.5 cm³/mol. The molecule has 7 heteroatoms. The summed E-state index contributed by atoms with van der Waals surface area (Å²) in [5, 5.41) is 0. The van der Waals surface area contributed by atoms with Gasteiger partial charge in [0.2, 0.25) is 0 Å². The van der Waals surface area contributed by atoms with E-state index < -0.39 is 10.4 Å². The number of aryl methyl sites for hydroxylation is 1. The van der Waals surface area contributed by atoms with Crippen LogP contribution in [0.4, 0.5) is 0 Å². The molecule has 0 saturated carbocycles. The van der Waals surface area contributed by atoms with Gasteiger partial charge in [-0.25, -0.2) is 4.98 Å². The molecule has 1 aromatic carbocycles. The fourth-order valence-electron chi connectivity index (χ4n) is 1.12. The molecule has 0 radical (unpaired) electrons. The van der Waals surface area contributed by atoms with Crippen molar-refractivity contribution >= 4 is 10.4 Å². The summed E-state index contributed by atoms with van der Waals surface area (Å²) in [6.07, 6.45) is 3.94. The van der Waals surface area contributed by atoms with Crippen LogP contribution in [0.3, 0.4) is 0 Å². The van der Waals surface area contributed by atoms with Gasteiger partial charge in [-0.05, 0) is 19.1 Å². The smallest absolute Gasteiger partial charge is 0.352 e. The Bertz CT molecular complexity index is 575. The minimum atomic E-state index is -4.15. The highest BCUT2D eigenvalue weighted by Crippen LogP contribution is 2.13. The van der Waals surface area contributed by atoms with Crippen molar-refractivity contribution in [3.05, 3.63) is 48.5 Å². The molecule has 0 aliphatic rings. The van der Waals surface area contributed by atoms with E-state index in [9.17, 15) is 8.42 Å². The topological polar surface area (TPSA) is 70.4 Å². The van der Waals surface area contributed by atoms with Gasteiger partial charge < -0.3 is 4.18 Å². The lowest BCUT2D eigenvalue weighted by Gasteiger charge is -2.07. The Balaban J connectivity index is 2.09. The van der Waals surface area contributed by atoms with Crippen LogP contribution >= 0.6 is 0 Å². The number of rotatable bonds is 4. The Morgan fingerprint density at radius 2 is 1.94 bits per heavy atom. The van der Waals surface area contributed by atoms with Gasteiger partial charge in [-0.1, -0.05) is 17.7 Å². The van der Waals surface area contributed by atoms with Crippen LogP contribution in [0, 0.1) is 6.92 Å². The lowest BCUT2D eigenvalue weighted by Crippen LogP contribution is -2.23. The van der Waals surface area contributed by atoms with Crippen molar-refractivity contribution in [3.63, 3.8) is 0 Å². The first-order chi connectivity index (χ1) is 8.05. The van der Waals surface area contributed by atoms with Crippen molar-refractivity contribution in [2.24, 2.45) is 0 Å². The van der Waals surface area contributed by atoms with Crippen LogP contribution in [0.5, 0.6) is 5.75 Å². The molecule has 2 rings (SSSR count). The number of imidazole rings is 1. The van der Waals surface area contributed by atoms with Gasteiger partial charge in [0.05, 0.1) is 6.20 Å². The highest BCUT2D eigenvalue weighted by molar-refractivity contribution is 7.82. The number of benzene rings is 1. The zero-order chi connectivity index (χ0) is 12.3. The summed E-state index contributed by atoms with van der Waals surface area (Å²) in [4.78, 5) is 3.64. The standard InChI is InChI=1S/C10H10N2O4S/c1-9-2-4-10(5-3-9)15-17(13,14)16-12-7-6-11-8-12/h2-8H,1H3. The third-order valence-corrected chi connectivity index (χ3v) is 2.63. The number of hydrogen-bond acceptors (Lipinski definition) is 5. The van der Waals surface area contributed by atoms with Gasteiger partial charge in [0, 0.05) is 6.20 Å². The fraction of sp³-hybridized carbons (Fsp3) is 0.100. The second-order valence-electron chi connectivity index (χ2n) is 3.30. The molecule has 6 nitrogen and oxygen atoms in total. The first-order valence-corrected chi connectivity index (χ1v) is 6.07. The average Bonchev–Trinajstić information content (AvgIpc) is 2.73. The van der Waals surface area contributed by atoms with Gasteiger partial charge in [-0.2, -0.15) is 4.73 Å². The van der Waals surface area contributed by atoms with Crippen LogP contribution in [-0.2, 0) is 10.4 Å². The first-order valence-electron chi connectivity index (χ1n) is 4.74. The SMILES string of the molecule is Cc1ccc(OS(=O)(=O)On2ccnc2)cc1. The summed E-state index contributed by atoms with van der Waals surface area (Å²) in [7, 11) is -4.15. The minimum absolute atomic E-state index is 0.190. The molecule has 1 aromatic heterocycles. The number of hydrogen-bond donors (Lipinski definition) is 0. The summed E-state index contributed by atoms with van der Waals surface area (Å²) in [6.45, 7) is 1.89. The minimum Gasteiger partial charge on any atom is -0.352 e. The highest BCUT2D eigenvalue weighted by Gasteiger charge is 2.15. The Kier molecular flexibility index (Phi) is 3.01. The Labute approximate surface area is 98.7 Å². The Morgan fingerprint density at radius 1 is 1.24 bits per heavy atom. The van der Waals surface area contributed by atoms with Crippen LogP contribution in [0.2, 0.25) is 0 Å². The third-order valence-electron chi connectivity index (χ3n) is 1.88. The van der Waals surface area contributed by atoms with Gasteiger partial charge in [-0.3, -0.25) is 4.28 Å². The molecule has 17 heavy (non-hydrogen) atoms. The van der Waals surface area contributed by atoms with Crippen molar-refractivity contribution in [1.82, 2.24) is 9.71 Å². The van der Waals surface area contributed by atoms with Gasteiger partial charge in [0.15, 0.2) is 0 Å². The first kappa shape index (κ1) is 11.5. The Hall–Kier alpha value is -2.02. The molecule has 1 heterocycles. The fourth-order valence-corrected chi connectivity index (χ4v) is 1.80. The molecule has 0 spiro atoms. The van der Waals surface area contributed by atoms with Crippen LogP contribution in [0.15, 0.2) is 43.0 Å². The molecule has 0 saturated heterocycles. The van der Waals surface area contributed by atoms with Crippen LogP contribution in [-0.4, -0.2) is 18.1 Å². The largest absolute Gasteiger partial charge is 0.520 e. The normalized spacial score (nSPS) is 11.1. The van der Waals surface area contributed by atoms with Crippen LogP contribution < -0.4 is 8.47 Å². The van der Waals surface area contributed by atoms with Crippen molar-refractivity contribution in [3.8, 4) is 5.75 Å². The van der Waals surface area contributed by atoms with Crippen molar-refractivity contribution < 1.29 is 16.9 Å². The monoisotopic (exact) mass is 254 g/mol. The maximum absolute atomic E-state index is 11.5. The third kappa shape index (κ3) is 3.22. The summed E-state index contributed by atoms with van der Waals surface area (Å²) in [5.74, 6) is 0.190. The van der Waals surface area contributed by atoms with Gasteiger partial charge >= 0.3 is 10.4 Å². The molecule has 0 bridgehead atoms. The van der Waals surface area contributed by atoms with Crippen LogP contribution in [0.25, 0.3) is 0 Å². The van der Waals surface area contributed by atoms with Crippen molar-refractivity contribution in [1.29, 1.82) is 0 Å². The summed E-state index contributed by atoms with van der Waals surface area (Å²) >= 11 is 0. The summed E-state index contributed by atoms with van der Waals surface area (Å²) in [5.41, 5.74) is 1.00. The van der Waals surface area contributed by atoms with Gasteiger partial charge in [0.25, 0.3) is 0 Å². The van der Waals surface area contributed by atoms with E-state index in [2.05, 4.69) is 9.27 Å². The van der Waals surface area contributed by atoms with E-state index in [0.29, 0.717) is 0 Å². The molecule has 90 valence electrons. The molecule has 0 fully saturated rings. The highest BCUT2D eigenvalue weighted by atomic mass is 32.3. The van der Waals surface area contributed by atoms with Gasteiger partial charge in [-0.15, -0.1) is 8.42 Å². The lowest BCUT2D eigenvalue weighted by molar-refractivity contribution is 0.243. The second-order valence-corrected chi connectivity index (χ2v) is 4.43. The number of aromatic nitrogens is 2. The maximum Gasteiger partial charge on any atom is 0.520 e. The molecule has 0 unspecified atom stereocenters. The van der Waals surface area contributed by atoms with E-state index in [0.717, 1.165) is 10.3 Å². The van der Waals surface area contributed by atoms with E-state index >= 15 is 0 Å². The zero-order valence-corrected chi connectivity index (χ0v) is 9.79. The summed E-state index contributed by atoms with van der Waals surface area (Å²) in [6, 6.07) is 6.57. The van der Waals surface area contributed by atoms with E-state index in [-0.39, 0.29) is 5.75 Å². The van der Waals surface area contributed by atoms with Crippen molar-refractivity contribution in [2.45, 2.75) is 6.92 Å². The van der Waals surface area contributed by atoms with E-state index in [1.54, 1.807) is 24.3 Å². The molecule has 0 N–H and O–H groups in total. The molecule has 0 atom stereocenters. The molecular formula is C10H10N2O4S. The lowest BCUT2D eigenvalue weighted by atomic mass is 10.2. The molecule has 2 aromatic rings. The van der Waals surface area contributed by atoms with Crippen LogP contribution in [0.1, 0.15) is 5.56 Å². The number of nitrogens with zero attached hydrogens (tertiary/aromatic N) is 2. The second kappa shape index (κ2) is 4.46.